The monoisotopic (exact) mass is 296 g/mol. The van der Waals surface area contributed by atoms with E-state index in [4.69, 9.17) is 0 Å². The zero-order valence-electron chi connectivity index (χ0n) is 15.8. The zero-order valence-corrected chi connectivity index (χ0v) is 15.8. The Hall–Kier alpha value is -0.0800. The number of hydrogen-bond acceptors (Lipinski definition) is 0. The Bertz CT molecular complexity index is 350. The van der Waals surface area contributed by atoms with Gasteiger partial charge < -0.3 is 8.97 Å². The molecule has 0 spiro atoms. The fourth-order valence-corrected chi connectivity index (χ4v) is 4.63. The van der Waals surface area contributed by atoms with E-state index in [1.165, 1.54) is 67.2 Å². The highest BCUT2D eigenvalue weighted by Gasteiger charge is 2.46. The third-order valence-corrected chi connectivity index (χ3v) is 7.48. The Labute approximate surface area is 133 Å². The van der Waals surface area contributed by atoms with E-state index in [1.54, 1.807) is 0 Å². The lowest BCUT2D eigenvalue weighted by molar-refractivity contribution is -0.960. The second-order valence-electron chi connectivity index (χ2n) is 10.0. The summed E-state index contributed by atoms with van der Waals surface area (Å²) in [5.41, 5.74) is 0.859. The number of piperidine rings is 1. The fourth-order valence-electron chi connectivity index (χ4n) is 4.63. The minimum absolute atomic E-state index is 0.397. The van der Waals surface area contributed by atoms with Gasteiger partial charge in [-0.1, -0.05) is 0 Å². The van der Waals surface area contributed by atoms with Crippen molar-refractivity contribution in [1.82, 2.24) is 0 Å². The van der Waals surface area contributed by atoms with Gasteiger partial charge in [-0.05, 0) is 53.4 Å². The molecule has 0 aromatic heterocycles. The maximum absolute atomic E-state index is 2.53. The first kappa shape index (κ1) is 17.3. The van der Waals surface area contributed by atoms with Gasteiger partial charge in [0.25, 0.3) is 0 Å². The molecule has 0 aromatic rings. The summed E-state index contributed by atoms with van der Waals surface area (Å²) >= 11 is 0. The number of likely N-dealkylation sites (tertiary alicyclic amines) is 2. The summed E-state index contributed by atoms with van der Waals surface area (Å²) in [4.78, 5) is 0. The first-order valence-electron chi connectivity index (χ1n) is 9.18. The van der Waals surface area contributed by atoms with Crippen LogP contribution >= 0.6 is 0 Å². The zero-order chi connectivity index (χ0) is 15.9. The minimum Gasteiger partial charge on any atom is -0.322 e. The van der Waals surface area contributed by atoms with Crippen LogP contribution in [-0.2, 0) is 0 Å². The summed E-state index contributed by atoms with van der Waals surface area (Å²) in [6, 6.07) is 0. The summed E-state index contributed by atoms with van der Waals surface area (Å²) in [6.07, 6.45) is 7.15. The molecule has 0 radical (unpaired) electrons. The predicted octanol–water partition coefficient (Wildman–Crippen LogP) is 4.05. The molecule has 2 nitrogen and oxygen atoms in total. The average Bonchev–Trinajstić information content (AvgIpc) is 2.79. The molecule has 0 amide bonds. The second-order valence-corrected chi connectivity index (χ2v) is 10.0. The topological polar surface area (TPSA) is 0 Å². The number of quaternary nitrogens is 2. The highest BCUT2D eigenvalue weighted by atomic mass is 15.4. The van der Waals surface area contributed by atoms with Crippen molar-refractivity contribution in [3.63, 3.8) is 0 Å². The molecule has 0 aliphatic carbocycles. The van der Waals surface area contributed by atoms with E-state index in [1.807, 2.05) is 0 Å². The summed E-state index contributed by atoms with van der Waals surface area (Å²) in [5, 5.41) is 0. The molecular formula is C19H40N2+2. The van der Waals surface area contributed by atoms with Gasteiger partial charge in [0.15, 0.2) is 0 Å². The van der Waals surface area contributed by atoms with Gasteiger partial charge in [0.2, 0.25) is 0 Å². The lowest BCUT2D eigenvalue weighted by atomic mass is 9.80. The van der Waals surface area contributed by atoms with Crippen LogP contribution in [0.5, 0.6) is 0 Å². The van der Waals surface area contributed by atoms with Gasteiger partial charge in [-0.3, -0.25) is 0 Å². The van der Waals surface area contributed by atoms with Crippen molar-refractivity contribution in [2.24, 2.45) is 5.92 Å². The lowest BCUT2D eigenvalue weighted by Crippen LogP contribution is -2.62. The highest BCUT2D eigenvalue weighted by molar-refractivity contribution is 4.80. The molecule has 2 rings (SSSR count). The molecule has 2 aliphatic heterocycles. The van der Waals surface area contributed by atoms with Gasteiger partial charge in [-0.2, -0.15) is 0 Å². The van der Waals surface area contributed by atoms with Crippen molar-refractivity contribution < 1.29 is 8.97 Å². The van der Waals surface area contributed by atoms with Crippen LogP contribution in [0.3, 0.4) is 0 Å². The molecule has 124 valence electrons. The Morgan fingerprint density at radius 1 is 0.762 bits per heavy atom. The van der Waals surface area contributed by atoms with Crippen LogP contribution in [0, 0.1) is 5.92 Å². The molecule has 0 bridgehead atoms. The molecule has 0 atom stereocenters. The standard InChI is InChI=1S/C19H40N2/c1-18(2,3)20(6)14-10-17(11-15-20)16-19(4,5)21(7)12-8-9-13-21/h17H,8-16H2,1-7H3/q+2. The SMILES string of the molecule is CC(C)(C)[N+]1(C)CCC(CC(C)(C)[N+]2(C)CCCC2)CC1. The summed E-state index contributed by atoms with van der Waals surface area (Å²) < 4.78 is 2.57. The van der Waals surface area contributed by atoms with Crippen LogP contribution < -0.4 is 0 Å². The largest absolute Gasteiger partial charge is 0.322 e. The van der Waals surface area contributed by atoms with Crippen molar-refractivity contribution in [3.05, 3.63) is 0 Å². The van der Waals surface area contributed by atoms with Crippen molar-refractivity contribution in [3.8, 4) is 0 Å². The smallest absolute Gasteiger partial charge is 0.0936 e. The van der Waals surface area contributed by atoms with E-state index in [2.05, 4.69) is 48.7 Å². The first-order valence-corrected chi connectivity index (χ1v) is 9.18. The van der Waals surface area contributed by atoms with E-state index in [-0.39, 0.29) is 0 Å². The van der Waals surface area contributed by atoms with E-state index < -0.39 is 0 Å². The second kappa shape index (κ2) is 5.53. The Kier molecular flexibility index (Phi) is 4.55. The average molecular weight is 297 g/mol. The quantitative estimate of drug-likeness (QED) is 0.689. The van der Waals surface area contributed by atoms with Crippen molar-refractivity contribution in [2.45, 2.75) is 77.8 Å². The third kappa shape index (κ3) is 3.32. The molecular weight excluding hydrogens is 256 g/mol. The van der Waals surface area contributed by atoms with E-state index >= 15 is 0 Å². The van der Waals surface area contributed by atoms with Crippen LogP contribution in [0.15, 0.2) is 0 Å². The first-order chi connectivity index (χ1) is 9.49. The molecule has 2 saturated heterocycles. The molecule has 2 heteroatoms. The number of hydrogen-bond donors (Lipinski definition) is 0. The fraction of sp³-hybridized carbons (Fsp3) is 1.00. The molecule has 0 unspecified atom stereocenters. The molecule has 2 aliphatic rings. The van der Waals surface area contributed by atoms with Gasteiger partial charge in [-0.15, -0.1) is 0 Å². The van der Waals surface area contributed by atoms with Crippen LogP contribution in [0.2, 0.25) is 0 Å². The maximum Gasteiger partial charge on any atom is 0.0936 e. The van der Waals surface area contributed by atoms with Gasteiger partial charge >= 0.3 is 0 Å². The van der Waals surface area contributed by atoms with Crippen molar-refractivity contribution >= 4 is 0 Å². The number of rotatable bonds is 3. The molecule has 0 N–H and O–H groups in total. The van der Waals surface area contributed by atoms with Gasteiger partial charge in [0, 0.05) is 19.3 Å². The van der Waals surface area contributed by atoms with E-state index in [0.717, 1.165) is 5.92 Å². The van der Waals surface area contributed by atoms with Crippen molar-refractivity contribution in [2.75, 3.05) is 40.3 Å². The summed E-state index contributed by atoms with van der Waals surface area (Å²) in [5.74, 6) is 0.948. The summed E-state index contributed by atoms with van der Waals surface area (Å²) in [7, 11) is 4.97. The number of nitrogens with zero attached hydrogens (tertiary/aromatic N) is 2. The molecule has 2 heterocycles. The maximum atomic E-state index is 2.53. The van der Waals surface area contributed by atoms with E-state index in [0.29, 0.717) is 11.1 Å². The van der Waals surface area contributed by atoms with E-state index in [9.17, 15) is 0 Å². The minimum atomic E-state index is 0.397. The van der Waals surface area contributed by atoms with Crippen LogP contribution in [0.1, 0.15) is 66.7 Å². The van der Waals surface area contributed by atoms with Crippen LogP contribution in [0.4, 0.5) is 0 Å². The van der Waals surface area contributed by atoms with Gasteiger partial charge in [-0.25, -0.2) is 0 Å². The Morgan fingerprint density at radius 2 is 1.24 bits per heavy atom. The molecule has 21 heavy (non-hydrogen) atoms. The van der Waals surface area contributed by atoms with Gasteiger partial charge in [0.05, 0.1) is 51.4 Å². The molecule has 0 saturated carbocycles. The van der Waals surface area contributed by atoms with Crippen molar-refractivity contribution in [1.29, 1.82) is 0 Å². The molecule has 2 fully saturated rings. The lowest BCUT2D eigenvalue weighted by Gasteiger charge is -2.51. The van der Waals surface area contributed by atoms with Gasteiger partial charge in [0.1, 0.15) is 0 Å². The summed E-state index contributed by atoms with van der Waals surface area (Å²) in [6.45, 7) is 17.8. The predicted molar refractivity (Wildman–Crippen MR) is 92.2 cm³/mol. The Balaban J connectivity index is 1.94. The highest BCUT2D eigenvalue weighted by Crippen LogP contribution is 2.39. The normalized spacial score (nSPS) is 34.1. The Morgan fingerprint density at radius 3 is 1.67 bits per heavy atom. The third-order valence-electron chi connectivity index (χ3n) is 7.48. The van der Waals surface area contributed by atoms with Crippen LogP contribution in [-0.4, -0.2) is 60.3 Å². The van der Waals surface area contributed by atoms with Crippen LogP contribution in [0.25, 0.3) is 0 Å². The molecule has 0 aromatic carbocycles.